The molecule has 0 saturated carbocycles. The molecule has 3 atom stereocenters. The van der Waals surface area contributed by atoms with Crippen LogP contribution in [0.1, 0.15) is 71.5 Å². The average molecular weight is 1120 g/mol. The lowest BCUT2D eigenvalue weighted by Gasteiger charge is -2.36. The molecule has 80 heavy (non-hydrogen) atoms. The van der Waals surface area contributed by atoms with Crippen molar-refractivity contribution < 1.29 is 47.6 Å². The van der Waals surface area contributed by atoms with Crippen molar-refractivity contribution in [3.05, 3.63) is 101 Å². The number of thiazole rings is 1. The van der Waals surface area contributed by atoms with Crippen LogP contribution in [-0.4, -0.2) is 166 Å². The van der Waals surface area contributed by atoms with Crippen LogP contribution in [0.3, 0.4) is 0 Å². The highest BCUT2D eigenvalue weighted by atomic mass is 32.1. The van der Waals surface area contributed by atoms with E-state index in [9.17, 15) is 24.3 Å². The van der Waals surface area contributed by atoms with Crippen LogP contribution >= 0.6 is 11.3 Å². The SMILES string of the molecule is Cc1ncsc1-c1ccc(CNC(=O)[C@@H]2C[C@@H](O)CN2C(=O)[C@@H](NC(=O)CCOCCOCCOCCN2CCN(c3ccc(-n4c(C)nc5ccc(-c6ccnc(NC(=O)OC(C)(C)C)c6)nc54)cc3F)CC2)C(C)(C)C)cc1. The summed E-state index contributed by atoms with van der Waals surface area (Å²) in [5, 5.41) is 19.1. The number of benzene rings is 2. The molecule has 0 aliphatic carbocycles. The highest BCUT2D eigenvalue weighted by molar-refractivity contribution is 7.13. The van der Waals surface area contributed by atoms with Gasteiger partial charge in [-0.05, 0) is 87.6 Å². The van der Waals surface area contributed by atoms with Crippen molar-refractivity contribution in [2.24, 2.45) is 5.41 Å². The molecule has 4 N–H and O–H groups in total. The van der Waals surface area contributed by atoms with Gasteiger partial charge in [0.2, 0.25) is 17.7 Å². The number of aryl methyl sites for hydroxylation is 2. The van der Waals surface area contributed by atoms with Gasteiger partial charge in [-0.15, -0.1) is 11.3 Å². The highest BCUT2D eigenvalue weighted by Gasteiger charge is 2.44. The largest absolute Gasteiger partial charge is 0.444 e. The molecule has 6 aromatic rings. The fourth-order valence-corrected chi connectivity index (χ4v) is 10.4. The van der Waals surface area contributed by atoms with Crippen LogP contribution in [0.4, 0.5) is 20.7 Å². The standard InChI is InChI=1S/C58H74FN11O9S/c1-37-51(80-36-62-37)40-11-9-39(10-12-40)34-61-54(73)48-33-43(71)35-69(48)55(74)52(57(3,4)5)66-50(72)18-25-76-27-29-78-30-28-77-26-24-67-20-22-68(23-21-67)47-16-13-42(32-44(47)59)70-38(2)63-46-15-14-45(64-53(46)70)41-17-19-60-49(31-41)65-56(75)79-58(6,7)8/h9-17,19,31-32,36,43,48,52,71H,18,20-30,33-35H2,1-8H3,(H,61,73)(H,66,72)(H,60,65,75)/t43-,48+,52-/m1/s1. The highest BCUT2D eigenvalue weighted by Crippen LogP contribution is 2.31. The minimum atomic E-state index is -0.939. The summed E-state index contributed by atoms with van der Waals surface area (Å²) in [6.45, 7) is 20.5. The van der Waals surface area contributed by atoms with E-state index in [0.717, 1.165) is 46.9 Å². The molecule has 2 fully saturated rings. The molecular weight excluding hydrogens is 1050 g/mol. The first kappa shape index (κ1) is 59.2. The second kappa shape index (κ2) is 26.5. The molecule has 2 aliphatic heterocycles. The zero-order valence-electron chi connectivity index (χ0n) is 46.9. The van der Waals surface area contributed by atoms with Gasteiger partial charge in [0, 0.05) is 76.5 Å². The molecule has 4 amide bonds. The second-order valence-electron chi connectivity index (χ2n) is 22.1. The molecule has 4 aromatic heterocycles. The molecule has 6 heterocycles. The number of imidazole rings is 1. The lowest BCUT2D eigenvalue weighted by atomic mass is 9.85. The number of rotatable bonds is 22. The molecule has 428 valence electrons. The summed E-state index contributed by atoms with van der Waals surface area (Å²) in [6, 6.07) is 18.5. The van der Waals surface area contributed by atoms with Crippen molar-refractivity contribution in [3.63, 3.8) is 0 Å². The van der Waals surface area contributed by atoms with E-state index in [-0.39, 0.29) is 56.8 Å². The molecule has 2 saturated heterocycles. The maximum atomic E-state index is 15.9. The van der Waals surface area contributed by atoms with Crippen LogP contribution in [0.15, 0.2) is 78.4 Å². The number of hydrogen-bond acceptors (Lipinski definition) is 16. The van der Waals surface area contributed by atoms with Gasteiger partial charge in [0.25, 0.3) is 0 Å². The number of anilines is 2. The van der Waals surface area contributed by atoms with Crippen LogP contribution in [0.25, 0.3) is 38.5 Å². The molecule has 2 aromatic carbocycles. The van der Waals surface area contributed by atoms with Crippen molar-refractivity contribution in [2.45, 2.75) is 98.6 Å². The number of amides is 4. The molecule has 0 spiro atoms. The van der Waals surface area contributed by atoms with E-state index in [4.69, 9.17) is 28.9 Å². The number of aliphatic hydroxyl groups excluding tert-OH is 1. The smallest absolute Gasteiger partial charge is 0.413 e. The van der Waals surface area contributed by atoms with Gasteiger partial charge in [0.05, 0.1) is 78.9 Å². The number of ether oxygens (including phenoxy) is 4. The predicted octanol–water partition coefficient (Wildman–Crippen LogP) is 7.08. The molecule has 0 bridgehead atoms. The molecule has 0 unspecified atom stereocenters. The number of aliphatic hydroxyl groups is 1. The van der Waals surface area contributed by atoms with E-state index < -0.39 is 41.2 Å². The Hall–Kier alpha value is -6.95. The van der Waals surface area contributed by atoms with Gasteiger partial charge in [0.15, 0.2) is 5.65 Å². The lowest BCUT2D eigenvalue weighted by Crippen LogP contribution is -2.57. The zero-order valence-corrected chi connectivity index (χ0v) is 47.7. The first-order valence-electron chi connectivity index (χ1n) is 27.1. The van der Waals surface area contributed by atoms with Gasteiger partial charge in [-0.3, -0.25) is 29.2 Å². The van der Waals surface area contributed by atoms with E-state index >= 15 is 4.39 Å². The normalized spacial score (nSPS) is 16.5. The van der Waals surface area contributed by atoms with Gasteiger partial charge in [0.1, 0.15) is 40.7 Å². The van der Waals surface area contributed by atoms with Crippen molar-refractivity contribution in [1.82, 2.24) is 44.9 Å². The fraction of sp³-hybridized carbons (Fsp3) is 0.483. The number of piperazine rings is 1. The first-order valence-corrected chi connectivity index (χ1v) is 28.0. The van der Waals surface area contributed by atoms with Crippen LogP contribution in [0.5, 0.6) is 0 Å². The maximum Gasteiger partial charge on any atom is 0.413 e. The Bertz CT molecular complexity index is 3100. The Balaban J connectivity index is 0.698. The summed E-state index contributed by atoms with van der Waals surface area (Å²) in [6.07, 6.45) is 0.221. The molecule has 2 aliphatic rings. The third kappa shape index (κ3) is 15.7. The maximum absolute atomic E-state index is 15.9. The zero-order chi connectivity index (χ0) is 57.1. The summed E-state index contributed by atoms with van der Waals surface area (Å²) < 4.78 is 40.3. The summed E-state index contributed by atoms with van der Waals surface area (Å²) in [7, 11) is 0. The number of carbonyl (C=O) groups excluding carboxylic acids is 4. The fourth-order valence-electron chi connectivity index (χ4n) is 9.62. The van der Waals surface area contributed by atoms with E-state index in [2.05, 4.69) is 35.7 Å². The third-order valence-electron chi connectivity index (χ3n) is 13.7. The number of hydrogen-bond donors (Lipinski definition) is 4. The number of carbonyl (C=O) groups is 4. The van der Waals surface area contributed by atoms with Crippen molar-refractivity contribution in [2.75, 3.05) is 89.1 Å². The Labute approximate surface area is 470 Å². The number of halogens is 1. The lowest BCUT2D eigenvalue weighted by molar-refractivity contribution is -0.144. The summed E-state index contributed by atoms with van der Waals surface area (Å²) >= 11 is 1.57. The van der Waals surface area contributed by atoms with Gasteiger partial charge in [-0.2, -0.15) is 0 Å². The number of nitrogens with one attached hydrogen (secondary N) is 3. The number of nitrogens with zero attached hydrogens (tertiary/aromatic N) is 8. The van der Waals surface area contributed by atoms with Crippen LogP contribution in [-0.2, 0) is 39.9 Å². The number of fused-ring (bicyclic) bond motifs is 1. The summed E-state index contributed by atoms with van der Waals surface area (Å²) in [5.74, 6) is -0.524. The Kier molecular flexibility index (Phi) is 19.6. The molecule has 22 heteroatoms. The Morgan fingerprint density at radius 3 is 2.21 bits per heavy atom. The first-order chi connectivity index (χ1) is 38.2. The van der Waals surface area contributed by atoms with Crippen LogP contribution in [0.2, 0.25) is 0 Å². The number of pyridine rings is 2. The van der Waals surface area contributed by atoms with E-state index in [0.29, 0.717) is 79.4 Å². The Morgan fingerprint density at radius 2 is 1.54 bits per heavy atom. The average Bonchev–Trinajstić information content (AvgIpc) is 4.24. The minimum Gasteiger partial charge on any atom is -0.444 e. The monoisotopic (exact) mass is 1120 g/mol. The van der Waals surface area contributed by atoms with E-state index in [1.165, 1.54) is 11.0 Å². The van der Waals surface area contributed by atoms with Gasteiger partial charge in [-0.1, -0.05) is 45.0 Å². The third-order valence-corrected chi connectivity index (χ3v) is 14.7. The number of β-amino-alcohol motifs (C(OH)–C–C–N with tert-alkyl or cyclic N) is 1. The van der Waals surface area contributed by atoms with Gasteiger partial charge in [-0.25, -0.2) is 29.1 Å². The number of likely N-dealkylation sites (tertiary alicyclic amines) is 1. The second-order valence-corrected chi connectivity index (χ2v) is 22.9. The molecule has 20 nitrogen and oxygen atoms in total. The van der Waals surface area contributed by atoms with E-state index in [1.807, 2.05) is 93.2 Å². The van der Waals surface area contributed by atoms with E-state index in [1.54, 1.807) is 50.4 Å². The minimum absolute atomic E-state index is 0.0119. The topological polar surface area (TPSA) is 228 Å². The van der Waals surface area contributed by atoms with Crippen molar-refractivity contribution >= 4 is 57.8 Å². The molecule has 0 radical (unpaired) electrons. The van der Waals surface area contributed by atoms with Crippen LogP contribution in [0, 0.1) is 25.1 Å². The molecule has 8 rings (SSSR count). The molecular formula is C58H74FN11O9S. The van der Waals surface area contributed by atoms with Crippen molar-refractivity contribution in [3.8, 4) is 27.4 Å². The Morgan fingerprint density at radius 1 is 0.825 bits per heavy atom. The number of aromatic nitrogens is 5. The van der Waals surface area contributed by atoms with Crippen LogP contribution < -0.4 is 20.9 Å². The van der Waals surface area contributed by atoms with Gasteiger partial charge >= 0.3 is 6.09 Å². The van der Waals surface area contributed by atoms with Crippen molar-refractivity contribution in [1.29, 1.82) is 0 Å². The van der Waals surface area contributed by atoms with Gasteiger partial charge < -0.3 is 44.5 Å². The quantitative estimate of drug-likeness (QED) is 0.0498. The summed E-state index contributed by atoms with van der Waals surface area (Å²) in [4.78, 5) is 78.0. The summed E-state index contributed by atoms with van der Waals surface area (Å²) in [5.41, 5.74) is 7.08. The predicted molar refractivity (Wildman–Crippen MR) is 304 cm³/mol.